The van der Waals surface area contributed by atoms with Crippen LogP contribution in [0.4, 0.5) is 0 Å². The Morgan fingerprint density at radius 1 is 1.14 bits per heavy atom. The second kappa shape index (κ2) is 7.31. The summed E-state index contributed by atoms with van der Waals surface area (Å²) in [5, 5.41) is 4.59. The summed E-state index contributed by atoms with van der Waals surface area (Å²) < 4.78 is 33.5. The van der Waals surface area contributed by atoms with Crippen molar-refractivity contribution in [2.24, 2.45) is 0 Å². The number of aryl methyl sites for hydroxylation is 2. The predicted octanol–water partition coefficient (Wildman–Crippen LogP) is 4.53. The minimum Gasteiger partial charge on any atom is -0.337 e. The first-order valence-corrected chi connectivity index (χ1v) is 10.9. The van der Waals surface area contributed by atoms with E-state index in [0.717, 1.165) is 17.5 Å². The zero-order valence-corrected chi connectivity index (χ0v) is 17.2. The van der Waals surface area contributed by atoms with E-state index in [1.165, 1.54) is 4.31 Å². The Labute approximate surface area is 169 Å². The van der Waals surface area contributed by atoms with E-state index < -0.39 is 16.1 Å². The van der Waals surface area contributed by atoms with E-state index in [0.29, 0.717) is 35.3 Å². The van der Waals surface area contributed by atoms with Crippen LogP contribution in [0.3, 0.4) is 0 Å². The summed E-state index contributed by atoms with van der Waals surface area (Å²) in [6, 6.07) is 12.1. The molecule has 4 rings (SSSR count). The van der Waals surface area contributed by atoms with Crippen LogP contribution in [0.1, 0.15) is 35.9 Å². The van der Waals surface area contributed by atoms with Gasteiger partial charge in [0.05, 0.1) is 4.90 Å². The van der Waals surface area contributed by atoms with Gasteiger partial charge in [-0.05, 0) is 56.0 Å². The third-order valence-electron chi connectivity index (χ3n) is 5.04. The molecule has 28 heavy (non-hydrogen) atoms. The van der Waals surface area contributed by atoms with Gasteiger partial charge in [0.25, 0.3) is 0 Å². The first-order chi connectivity index (χ1) is 13.4. The lowest BCUT2D eigenvalue weighted by atomic mass is 10.1. The Morgan fingerprint density at radius 2 is 1.93 bits per heavy atom. The molecule has 0 radical (unpaired) electrons. The molecule has 0 N–H and O–H groups in total. The SMILES string of the molecule is Cc1ccccc1-c1noc(C2CCCN2S(=O)(=O)c2ccc(Cl)cc2C)n1. The van der Waals surface area contributed by atoms with Gasteiger partial charge in [-0.3, -0.25) is 0 Å². The Morgan fingerprint density at radius 3 is 2.68 bits per heavy atom. The van der Waals surface area contributed by atoms with E-state index in [1.807, 2.05) is 31.2 Å². The molecular formula is C20H20ClN3O3S. The summed E-state index contributed by atoms with van der Waals surface area (Å²) in [5.41, 5.74) is 2.52. The molecule has 0 saturated carbocycles. The number of hydrogen-bond donors (Lipinski definition) is 0. The zero-order valence-electron chi connectivity index (χ0n) is 15.6. The molecule has 146 valence electrons. The normalized spacial score (nSPS) is 17.9. The second-order valence-corrected chi connectivity index (χ2v) is 9.25. The molecule has 0 bridgehead atoms. The van der Waals surface area contributed by atoms with E-state index in [9.17, 15) is 8.42 Å². The molecule has 1 unspecified atom stereocenters. The first kappa shape index (κ1) is 19.1. The summed E-state index contributed by atoms with van der Waals surface area (Å²) in [6.45, 7) is 4.13. The van der Waals surface area contributed by atoms with Gasteiger partial charge in [-0.25, -0.2) is 8.42 Å². The highest BCUT2D eigenvalue weighted by Crippen LogP contribution is 2.37. The minimum absolute atomic E-state index is 0.252. The molecule has 1 fully saturated rings. The van der Waals surface area contributed by atoms with Crippen LogP contribution in [0.15, 0.2) is 51.9 Å². The minimum atomic E-state index is -3.70. The highest BCUT2D eigenvalue weighted by atomic mass is 35.5. The van der Waals surface area contributed by atoms with Crippen LogP contribution >= 0.6 is 11.6 Å². The summed E-state index contributed by atoms with van der Waals surface area (Å²) in [5.74, 6) is 0.797. The van der Waals surface area contributed by atoms with E-state index in [4.69, 9.17) is 16.1 Å². The molecule has 2 heterocycles. The average Bonchev–Trinajstić information content (AvgIpc) is 3.31. The average molecular weight is 418 g/mol. The van der Waals surface area contributed by atoms with Crippen LogP contribution in [-0.4, -0.2) is 29.4 Å². The number of halogens is 1. The molecule has 0 aliphatic carbocycles. The van der Waals surface area contributed by atoms with Crippen LogP contribution < -0.4 is 0 Å². The maximum absolute atomic E-state index is 13.3. The van der Waals surface area contributed by atoms with E-state index in [1.54, 1.807) is 25.1 Å². The zero-order chi connectivity index (χ0) is 19.9. The van der Waals surface area contributed by atoms with Gasteiger partial charge in [0.1, 0.15) is 6.04 Å². The van der Waals surface area contributed by atoms with Gasteiger partial charge in [0.15, 0.2) is 0 Å². The Hall–Kier alpha value is -2.22. The maximum atomic E-state index is 13.3. The van der Waals surface area contributed by atoms with Gasteiger partial charge in [-0.1, -0.05) is 41.0 Å². The Balaban J connectivity index is 1.69. The van der Waals surface area contributed by atoms with Crippen molar-refractivity contribution in [2.45, 2.75) is 37.6 Å². The van der Waals surface area contributed by atoms with Gasteiger partial charge in [0, 0.05) is 17.1 Å². The second-order valence-electron chi connectivity index (χ2n) is 6.95. The quantitative estimate of drug-likeness (QED) is 0.623. The Bertz CT molecular complexity index is 1130. The lowest BCUT2D eigenvalue weighted by Crippen LogP contribution is -2.31. The fourth-order valence-corrected chi connectivity index (χ4v) is 5.69. The number of benzene rings is 2. The molecule has 6 nitrogen and oxygen atoms in total. The van der Waals surface area contributed by atoms with E-state index in [2.05, 4.69) is 10.1 Å². The number of nitrogens with zero attached hydrogens (tertiary/aromatic N) is 3. The van der Waals surface area contributed by atoms with Crippen LogP contribution in [-0.2, 0) is 10.0 Å². The van der Waals surface area contributed by atoms with Gasteiger partial charge >= 0.3 is 0 Å². The van der Waals surface area contributed by atoms with Gasteiger partial charge < -0.3 is 4.52 Å². The monoisotopic (exact) mass is 417 g/mol. The van der Waals surface area contributed by atoms with Crippen molar-refractivity contribution in [1.82, 2.24) is 14.4 Å². The number of aromatic nitrogens is 2. The smallest absolute Gasteiger partial charge is 0.245 e. The fourth-order valence-electron chi connectivity index (χ4n) is 3.61. The molecule has 1 aliphatic heterocycles. The molecule has 0 spiro atoms. The van der Waals surface area contributed by atoms with E-state index in [-0.39, 0.29) is 4.90 Å². The van der Waals surface area contributed by atoms with Crippen molar-refractivity contribution in [1.29, 1.82) is 0 Å². The molecule has 1 saturated heterocycles. The summed E-state index contributed by atoms with van der Waals surface area (Å²) in [7, 11) is -3.70. The molecule has 1 aliphatic rings. The fraction of sp³-hybridized carbons (Fsp3) is 0.300. The van der Waals surface area contributed by atoms with Crippen molar-refractivity contribution in [3.8, 4) is 11.4 Å². The molecule has 0 amide bonds. The van der Waals surface area contributed by atoms with Crippen molar-refractivity contribution in [3.63, 3.8) is 0 Å². The third kappa shape index (κ3) is 3.34. The summed E-state index contributed by atoms with van der Waals surface area (Å²) >= 11 is 5.98. The van der Waals surface area contributed by atoms with Crippen molar-refractivity contribution >= 4 is 21.6 Å². The van der Waals surface area contributed by atoms with E-state index >= 15 is 0 Å². The van der Waals surface area contributed by atoms with Crippen LogP contribution in [0.2, 0.25) is 5.02 Å². The third-order valence-corrected chi connectivity index (χ3v) is 7.34. The predicted molar refractivity (Wildman–Crippen MR) is 107 cm³/mol. The first-order valence-electron chi connectivity index (χ1n) is 9.05. The van der Waals surface area contributed by atoms with Gasteiger partial charge in [0.2, 0.25) is 21.7 Å². The summed E-state index contributed by atoms with van der Waals surface area (Å²) in [4.78, 5) is 4.76. The van der Waals surface area contributed by atoms with Crippen molar-refractivity contribution < 1.29 is 12.9 Å². The maximum Gasteiger partial charge on any atom is 0.245 e. The van der Waals surface area contributed by atoms with Crippen LogP contribution in [0.5, 0.6) is 0 Å². The Kier molecular flexibility index (Phi) is 4.99. The topological polar surface area (TPSA) is 76.3 Å². The molecule has 2 aromatic carbocycles. The van der Waals surface area contributed by atoms with Gasteiger partial charge in [-0.2, -0.15) is 9.29 Å². The lowest BCUT2D eigenvalue weighted by Gasteiger charge is -2.22. The highest BCUT2D eigenvalue weighted by Gasteiger charge is 2.40. The van der Waals surface area contributed by atoms with Crippen LogP contribution in [0, 0.1) is 13.8 Å². The lowest BCUT2D eigenvalue weighted by molar-refractivity contribution is 0.290. The van der Waals surface area contributed by atoms with Gasteiger partial charge in [-0.15, -0.1) is 0 Å². The van der Waals surface area contributed by atoms with Crippen LogP contribution in [0.25, 0.3) is 11.4 Å². The standard InChI is InChI=1S/C20H20ClN3O3S/c1-13-6-3-4-7-16(13)19-22-20(27-23-19)17-8-5-11-24(17)28(25,26)18-10-9-15(21)12-14(18)2/h3-4,6-7,9-10,12,17H,5,8,11H2,1-2H3. The number of hydrogen-bond acceptors (Lipinski definition) is 5. The van der Waals surface area contributed by atoms with Crippen molar-refractivity contribution in [3.05, 3.63) is 64.5 Å². The summed E-state index contributed by atoms with van der Waals surface area (Å²) in [6.07, 6.45) is 1.37. The molecule has 1 aromatic heterocycles. The number of rotatable bonds is 4. The highest BCUT2D eigenvalue weighted by molar-refractivity contribution is 7.89. The molecular weight excluding hydrogens is 398 g/mol. The van der Waals surface area contributed by atoms with Crippen molar-refractivity contribution in [2.75, 3.05) is 6.54 Å². The molecule has 8 heteroatoms. The number of sulfonamides is 1. The molecule has 3 aromatic rings. The largest absolute Gasteiger partial charge is 0.337 e. The molecule has 1 atom stereocenters.